The van der Waals surface area contributed by atoms with E-state index in [1.165, 1.54) is 6.07 Å². The topological polar surface area (TPSA) is 30.5 Å². The first-order valence-electron chi connectivity index (χ1n) is 5.75. The van der Waals surface area contributed by atoms with Gasteiger partial charge in [0.25, 0.3) is 0 Å². The summed E-state index contributed by atoms with van der Waals surface area (Å²) in [6.07, 6.45) is 2.08. The highest BCUT2D eigenvalue weighted by Crippen LogP contribution is 2.45. The van der Waals surface area contributed by atoms with E-state index in [0.29, 0.717) is 21.5 Å². The zero-order chi connectivity index (χ0) is 11.8. The van der Waals surface area contributed by atoms with E-state index in [-0.39, 0.29) is 18.5 Å². The third kappa shape index (κ3) is 1.91. The molecule has 0 radical (unpaired) electrons. The smallest absolute Gasteiger partial charge is 0.231 e. The summed E-state index contributed by atoms with van der Waals surface area (Å²) >= 11 is 3.45. The molecule has 3 rings (SSSR count). The molecule has 0 spiro atoms. The molecule has 92 valence electrons. The van der Waals surface area contributed by atoms with Crippen molar-refractivity contribution in [2.75, 3.05) is 19.9 Å². The Morgan fingerprint density at radius 2 is 2.29 bits per heavy atom. The molecule has 1 atom stereocenters. The number of benzene rings is 1. The van der Waals surface area contributed by atoms with Gasteiger partial charge in [0.15, 0.2) is 11.5 Å². The summed E-state index contributed by atoms with van der Waals surface area (Å²) in [7, 11) is 0. The molecule has 2 aliphatic rings. The number of fused-ring (bicyclic) bond motifs is 1. The Balaban J connectivity index is 2.03. The van der Waals surface area contributed by atoms with Gasteiger partial charge in [-0.2, -0.15) is 0 Å². The second-order valence-electron chi connectivity index (χ2n) is 4.36. The highest BCUT2D eigenvalue weighted by atomic mass is 79.9. The standard InChI is InChI=1S/C12H13BrFNO2/c13-11-10(7-2-1-3-15-5-7)8(14)4-9-12(11)17-6-16-9/h4,7,15H,1-3,5-6H2. The van der Waals surface area contributed by atoms with Crippen molar-refractivity contribution in [3.8, 4) is 11.5 Å². The van der Waals surface area contributed by atoms with Crippen LogP contribution in [0.1, 0.15) is 24.3 Å². The van der Waals surface area contributed by atoms with E-state index < -0.39 is 0 Å². The average molecular weight is 302 g/mol. The molecule has 17 heavy (non-hydrogen) atoms. The molecule has 1 saturated heterocycles. The lowest BCUT2D eigenvalue weighted by Gasteiger charge is -2.24. The van der Waals surface area contributed by atoms with Gasteiger partial charge < -0.3 is 14.8 Å². The fourth-order valence-electron chi connectivity index (χ4n) is 2.46. The molecule has 1 aromatic rings. The Kier molecular flexibility index (Phi) is 2.96. The lowest BCUT2D eigenvalue weighted by molar-refractivity contribution is 0.173. The molecule has 0 saturated carbocycles. The summed E-state index contributed by atoms with van der Waals surface area (Å²) in [5.74, 6) is 1.11. The molecule has 2 heterocycles. The van der Waals surface area contributed by atoms with Gasteiger partial charge in [-0.15, -0.1) is 0 Å². The molecular weight excluding hydrogens is 289 g/mol. The fourth-order valence-corrected chi connectivity index (χ4v) is 3.28. The molecule has 0 amide bonds. The van der Waals surface area contributed by atoms with Crippen LogP contribution in [0.5, 0.6) is 11.5 Å². The van der Waals surface area contributed by atoms with Crippen molar-refractivity contribution in [2.24, 2.45) is 0 Å². The van der Waals surface area contributed by atoms with Gasteiger partial charge in [-0.25, -0.2) is 4.39 Å². The lowest BCUT2D eigenvalue weighted by Crippen LogP contribution is -2.29. The minimum atomic E-state index is -0.213. The van der Waals surface area contributed by atoms with Crippen molar-refractivity contribution >= 4 is 15.9 Å². The molecule has 1 N–H and O–H groups in total. The van der Waals surface area contributed by atoms with E-state index >= 15 is 0 Å². The predicted molar refractivity (Wildman–Crippen MR) is 65.1 cm³/mol. The second-order valence-corrected chi connectivity index (χ2v) is 5.16. The number of ether oxygens (including phenoxy) is 2. The van der Waals surface area contributed by atoms with Crippen LogP contribution in [0, 0.1) is 5.82 Å². The molecule has 3 nitrogen and oxygen atoms in total. The molecular formula is C12H13BrFNO2. The monoisotopic (exact) mass is 301 g/mol. The SMILES string of the molecule is Fc1cc2c(c(Br)c1C1CCCNC1)OCO2. The summed E-state index contributed by atoms with van der Waals surface area (Å²) in [6.45, 7) is 2.00. The van der Waals surface area contributed by atoms with E-state index in [9.17, 15) is 4.39 Å². The molecule has 2 aliphatic heterocycles. The third-order valence-corrected chi connectivity index (χ3v) is 4.08. The van der Waals surface area contributed by atoms with E-state index in [2.05, 4.69) is 21.2 Å². The summed E-state index contributed by atoms with van der Waals surface area (Å²) in [4.78, 5) is 0. The van der Waals surface area contributed by atoms with Gasteiger partial charge in [-0.05, 0) is 35.3 Å². The summed E-state index contributed by atoms with van der Waals surface area (Å²) < 4.78 is 25.4. The zero-order valence-corrected chi connectivity index (χ0v) is 10.8. The Labute approximate surface area is 107 Å². The van der Waals surface area contributed by atoms with Gasteiger partial charge in [-0.1, -0.05) is 0 Å². The Hall–Kier alpha value is -0.810. The van der Waals surface area contributed by atoms with Crippen molar-refractivity contribution in [1.82, 2.24) is 5.32 Å². The van der Waals surface area contributed by atoms with Gasteiger partial charge in [0.05, 0.1) is 4.47 Å². The van der Waals surface area contributed by atoms with Crippen LogP contribution in [0.3, 0.4) is 0 Å². The van der Waals surface area contributed by atoms with Crippen LogP contribution in [-0.2, 0) is 0 Å². The first kappa shape index (κ1) is 11.3. The third-order valence-electron chi connectivity index (χ3n) is 3.30. The summed E-state index contributed by atoms with van der Waals surface area (Å²) in [5.41, 5.74) is 0.710. The molecule has 0 bridgehead atoms. The second kappa shape index (κ2) is 4.46. The minimum Gasteiger partial charge on any atom is -0.453 e. The highest BCUT2D eigenvalue weighted by Gasteiger charge is 2.28. The van der Waals surface area contributed by atoms with Crippen LogP contribution in [-0.4, -0.2) is 19.9 Å². The predicted octanol–water partition coefficient (Wildman–Crippen LogP) is 2.78. The van der Waals surface area contributed by atoms with E-state index in [1.807, 2.05) is 0 Å². The van der Waals surface area contributed by atoms with Crippen molar-refractivity contribution in [2.45, 2.75) is 18.8 Å². The van der Waals surface area contributed by atoms with Crippen LogP contribution >= 0.6 is 15.9 Å². The van der Waals surface area contributed by atoms with Gasteiger partial charge >= 0.3 is 0 Å². The van der Waals surface area contributed by atoms with Gasteiger partial charge in [0.2, 0.25) is 6.79 Å². The maximum Gasteiger partial charge on any atom is 0.231 e. The van der Waals surface area contributed by atoms with Crippen LogP contribution < -0.4 is 14.8 Å². The molecule has 1 fully saturated rings. The molecule has 0 aliphatic carbocycles. The van der Waals surface area contributed by atoms with Gasteiger partial charge in [0.1, 0.15) is 5.82 Å². The van der Waals surface area contributed by atoms with Crippen molar-refractivity contribution in [1.29, 1.82) is 0 Å². The number of piperidine rings is 1. The van der Waals surface area contributed by atoms with Crippen LogP contribution in [0.2, 0.25) is 0 Å². The number of hydrogen-bond donors (Lipinski definition) is 1. The largest absolute Gasteiger partial charge is 0.453 e. The van der Waals surface area contributed by atoms with Gasteiger partial charge in [-0.3, -0.25) is 0 Å². The Morgan fingerprint density at radius 1 is 1.41 bits per heavy atom. The van der Waals surface area contributed by atoms with Crippen molar-refractivity contribution in [3.63, 3.8) is 0 Å². The maximum absolute atomic E-state index is 14.1. The molecule has 5 heteroatoms. The van der Waals surface area contributed by atoms with Crippen molar-refractivity contribution in [3.05, 3.63) is 21.9 Å². The fraction of sp³-hybridized carbons (Fsp3) is 0.500. The van der Waals surface area contributed by atoms with Crippen LogP contribution in [0.15, 0.2) is 10.5 Å². The van der Waals surface area contributed by atoms with Gasteiger partial charge in [0, 0.05) is 24.1 Å². The normalized spacial score (nSPS) is 22.8. The molecule has 1 unspecified atom stereocenters. The van der Waals surface area contributed by atoms with Crippen LogP contribution in [0.4, 0.5) is 4.39 Å². The van der Waals surface area contributed by atoms with E-state index in [4.69, 9.17) is 9.47 Å². The van der Waals surface area contributed by atoms with E-state index in [1.54, 1.807) is 0 Å². The molecule has 1 aromatic carbocycles. The number of halogens is 2. The number of hydrogen-bond acceptors (Lipinski definition) is 3. The summed E-state index contributed by atoms with van der Waals surface area (Å²) in [5, 5.41) is 3.30. The van der Waals surface area contributed by atoms with E-state index in [0.717, 1.165) is 25.9 Å². The Bertz CT molecular complexity index is 447. The number of rotatable bonds is 1. The number of nitrogens with one attached hydrogen (secondary N) is 1. The van der Waals surface area contributed by atoms with Crippen LogP contribution in [0.25, 0.3) is 0 Å². The zero-order valence-electron chi connectivity index (χ0n) is 9.26. The Morgan fingerprint density at radius 3 is 3.06 bits per heavy atom. The first-order valence-corrected chi connectivity index (χ1v) is 6.55. The average Bonchev–Trinajstić information content (AvgIpc) is 2.78. The quantitative estimate of drug-likeness (QED) is 0.865. The summed E-state index contributed by atoms with van der Waals surface area (Å²) in [6, 6.07) is 1.43. The lowest BCUT2D eigenvalue weighted by atomic mass is 9.91. The minimum absolute atomic E-state index is 0.166. The van der Waals surface area contributed by atoms with Crippen molar-refractivity contribution < 1.29 is 13.9 Å². The molecule has 0 aromatic heterocycles. The maximum atomic E-state index is 14.1. The first-order chi connectivity index (χ1) is 8.27. The highest BCUT2D eigenvalue weighted by molar-refractivity contribution is 9.10.